The minimum absolute atomic E-state index is 0.0785. The fourth-order valence-corrected chi connectivity index (χ4v) is 3.68. The van der Waals surface area contributed by atoms with Gasteiger partial charge in [-0.3, -0.25) is 9.69 Å². The van der Waals surface area contributed by atoms with Crippen molar-refractivity contribution in [2.75, 3.05) is 19.7 Å². The molecule has 0 bridgehead atoms. The number of piperidine rings is 1. The summed E-state index contributed by atoms with van der Waals surface area (Å²) in [6.45, 7) is 6.35. The van der Waals surface area contributed by atoms with E-state index in [0.717, 1.165) is 44.3 Å². The number of hydrogen-bond acceptors (Lipinski definition) is 3. The Kier molecular flexibility index (Phi) is 5.22. The zero-order valence-electron chi connectivity index (χ0n) is 12.3. The lowest BCUT2D eigenvalue weighted by molar-refractivity contribution is -0.120. The number of carbonyl (C=O) groups is 1. The number of aliphatic hydroxyl groups excluding tert-OH is 1. The van der Waals surface area contributed by atoms with E-state index >= 15 is 0 Å². The van der Waals surface area contributed by atoms with Gasteiger partial charge < -0.3 is 10.4 Å². The molecular weight excluding hydrogens is 240 g/mol. The number of nitrogens with zero attached hydrogens (tertiary/aromatic N) is 1. The van der Waals surface area contributed by atoms with Crippen molar-refractivity contribution < 1.29 is 9.90 Å². The van der Waals surface area contributed by atoms with Crippen LogP contribution in [0.1, 0.15) is 46.0 Å². The van der Waals surface area contributed by atoms with Gasteiger partial charge in [0.2, 0.25) is 5.91 Å². The summed E-state index contributed by atoms with van der Waals surface area (Å²) in [5.74, 6) is 1.56. The van der Waals surface area contributed by atoms with E-state index in [-0.39, 0.29) is 12.5 Å². The van der Waals surface area contributed by atoms with Gasteiger partial charge in [0.1, 0.15) is 0 Å². The maximum absolute atomic E-state index is 11.3. The zero-order chi connectivity index (χ0) is 13.8. The average molecular weight is 268 g/mol. The highest BCUT2D eigenvalue weighted by Crippen LogP contribution is 2.34. The average Bonchev–Trinajstić information content (AvgIpc) is 2.31. The fraction of sp³-hybridized carbons (Fsp3) is 0.933. The largest absolute Gasteiger partial charge is 0.396 e. The molecule has 2 unspecified atom stereocenters. The smallest absolute Gasteiger partial charge is 0.217 e. The van der Waals surface area contributed by atoms with Gasteiger partial charge in [0, 0.05) is 38.7 Å². The van der Waals surface area contributed by atoms with Crippen molar-refractivity contribution in [1.82, 2.24) is 10.2 Å². The van der Waals surface area contributed by atoms with Crippen molar-refractivity contribution in [2.45, 2.75) is 58.0 Å². The monoisotopic (exact) mass is 268 g/mol. The first-order valence-corrected chi connectivity index (χ1v) is 7.70. The summed E-state index contributed by atoms with van der Waals surface area (Å²) in [4.78, 5) is 13.9. The summed E-state index contributed by atoms with van der Waals surface area (Å²) in [6, 6.07) is 1.02. The van der Waals surface area contributed by atoms with Crippen LogP contribution in [0.15, 0.2) is 0 Å². The quantitative estimate of drug-likeness (QED) is 0.792. The van der Waals surface area contributed by atoms with Gasteiger partial charge in [0.15, 0.2) is 0 Å². The van der Waals surface area contributed by atoms with Gasteiger partial charge in [0.25, 0.3) is 0 Å². The molecule has 2 rings (SSSR count). The molecule has 1 amide bonds. The van der Waals surface area contributed by atoms with Crippen LogP contribution < -0.4 is 5.32 Å². The van der Waals surface area contributed by atoms with E-state index in [1.165, 1.54) is 12.8 Å². The minimum atomic E-state index is 0.0785. The lowest BCUT2D eigenvalue weighted by atomic mass is 9.78. The van der Waals surface area contributed by atoms with Gasteiger partial charge in [-0.25, -0.2) is 0 Å². The van der Waals surface area contributed by atoms with Crippen molar-refractivity contribution in [1.29, 1.82) is 0 Å². The second kappa shape index (κ2) is 6.71. The summed E-state index contributed by atoms with van der Waals surface area (Å²) < 4.78 is 0. The molecule has 0 aromatic heterocycles. The highest BCUT2D eigenvalue weighted by atomic mass is 16.2. The Morgan fingerprint density at radius 1 is 1.32 bits per heavy atom. The van der Waals surface area contributed by atoms with E-state index in [2.05, 4.69) is 17.1 Å². The molecule has 2 N–H and O–H groups in total. The molecule has 0 aromatic carbocycles. The zero-order valence-corrected chi connectivity index (χ0v) is 12.3. The highest BCUT2D eigenvalue weighted by Gasteiger charge is 2.36. The van der Waals surface area contributed by atoms with Gasteiger partial charge >= 0.3 is 0 Å². The van der Waals surface area contributed by atoms with Crippen LogP contribution in [0.3, 0.4) is 0 Å². The molecule has 4 heteroatoms. The van der Waals surface area contributed by atoms with Gasteiger partial charge in [-0.05, 0) is 43.9 Å². The van der Waals surface area contributed by atoms with E-state index < -0.39 is 0 Å². The second-order valence-electron chi connectivity index (χ2n) is 6.55. The molecule has 2 aliphatic rings. The number of aliphatic hydroxyl groups is 1. The molecule has 1 saturated carbocycles. The molecule has 19 heavy (non-hydrogen) atoms. The van der Waals surface area contributed by atoms with Crippen LogP contribution in [0.4, 0.5) is 0 Å². The van der Waals surface area contributed by atoms with Crippen molar-refractivity contribution in [3.63, 3.8) is 0 Å². The van der Waals surface area contributed by atoms with Crippen molar-refractivity contribution in [3.8, 4) is 0 Å². The molecular formula is C15H28N2O2. The van der Waals surface area contributed by atoms with E-state index in [1.54, 1.807) is 6.92 Å². The van der Waals surface area contributed by atoms with E-state index in [4.69, 9.17) is 5.11 Å². The Bertz CT molecular complexity index is 303. The van der Waals surface area contributed by atoms with Crippen LogP contribution in [-0.4, -0.2) is 47.7 Å². The second-order valence-corrected chi connectivity index (χ2v) is 6.55. The Morgan fingerprint density at radius 2 is 2.05 bits per heavy atom. The first kappa shape index (κ1) is 14.8. The third-order valence-corrected chi connectivity index (χ3v) is 4.61. The molecule has 1 aliphatic heterocycles. The molecule has 4 nitrogen and oxygen atoms in total. The molecule has 1 saturated heterocycles. The van der Waals surface area contributed by atoms with Crippen LogP contribution in [0.25, 0.3) is 0 Å². The summed E-state index contributed by atoms with van der Waals surface area (Å²) in [7, 11) is 0. The van der Waals surface area contributed by atoms with E-state index in [9.17, 15) is 4.79 Å². The Balaban J connectivity index is 1.89. The summed E-state index contributed by atoms with van der Waals surface area (Å²) in [6.07, 6.45) is 5.63. The molecule has 0 radical (unpaired) electrons. The molecule has 0 spiro atoms. The third-order valence-electron chi connectivity index (χ3n) is 4.61. The summed E-state index contributed by atoms with van der Waals surface area (Å²) in [5, 5.41) is 12.1. The molecule has 2 fully saturated rings. The molecule has 1 aliphatic carbocycles. The van der Waals surface area contributed by atoms with Crippen LogP contribution in [0, 0.1) is 11.8 Å². The Hall–Kier alpha value is -0.610. The van der Waals surface area contributed by atoms with Crippen LogP contribution in [0.2, 0.25) is 0 Å². The first-order chi connectivity index (χ1) is 9.08. The lowest BCUT2D eigenvalue weighted by Gasteiger charge is -2.47. The van der Waals surface area contributed by atoms with Crippen molar-refractivity contribution in [2.24, 2.45) is 11.8 Å². The van der Waals surface area contributed by atoms with E-state index in [1.807, 2.05) is 0 Å². The van der Waals surface area contributed by atoms with Crippen LogP contribution in [0.5, 0.6) is 0 Å². The lowest BCUT2D eigenvalue weighted by Crippen LogP contribution is -2.56. The summed E-state index contributed by atoms with van der Waals surface area (Å²) >= 11 is 0. The Labute approximate surface area is 116 Å². The normalized spacial score (nSPS) is 35.7. The number of rotatable bonds is 5. The van der Waals surface area contributed by atoms with Crippen molar-refractivity contribution in [3.05, 3.63) is 0 Å². The van der Waals surface area contributed by atoms with Gasteiger partial charge in [-0.15, -0.1) is 0 Å². The maximum atomic E-state index is 11.3. The molecule has 2 atom stereocenters. The maximum Gasteiger partial charge on any atom is 0.217 e. The number of hydrogen-bond donors (Lipinski definition) is 2. The minimum Gasteiger partial charge on any atom is -0.396 e. The number of likely N-dealkylation sites (tertiary alicyclic amines) is 1. The third kappa shape index (κ3) is 4.18. The number of nitrogens with one attached hydrogen (secondary N) is 1. The molecule has 0 aromatic rings. The highest BCUT2D eigenvalue weighted by molar-refractivity contribution is 5.73. The van der Waals surface area contributed by atoms with E-state index in [0.29, 0.717) is 12.0 Å². The standard InChI is InChI=1S/C15H28N2O2/c1-11-6-15(7-11)17-9-13(4-3-5-18)8-14(10-17)16-12(2)19/h11,13-15,18H,3-10H2,1-2H3,(H,16,19). The molecule has 1 heterocycles. The van der Waals surface area contributed by atoms with Gasteiger partial charge in [-0.1, -0.05) is 6.92 Å². The number of amides is 1. The molecule has 110 valence electrons. The van der Waals surface area contributed by atoms with Crippen LogP contribution >= 0.6 is 0 Å². The fourth-order valence-electron chi connectivity index (χ4n) is 3.68. The predicted molar refractivity (Wildman–Crippen MR) is 75.8 cm³/mol. The van der Waals surface area contributed by atoms with Gasteiger partial charge in [0.05, 0.1) is 0 Å². The first-order valence-electron chi connectivity index (χ1n) is 7.70. The van der Waals surface area contributed by atoms with Gasteiger partial charge in [-0.2, -0.15) is 0 Å². The topological polar surface area (TPSA) is 52.6 Å². The van der Waals surface area contributed by atoms with Crippen LogP contribution in [-0.2, 0) is 4.79 Å². The van der Waals surface area contributed by atoms with Crippen molar-refractivity contribution >= 4 is 5.91 Å². The number of carbonyl (C=O) groups excluding carboxylic acids is 1. The predicted octanol–water partition coefficient (Wildman–Crippen LogP) is 1.38. The Morgan fingerprint density at radius 3 is 2.63 bits per heavy atom. The summed E-state index contributed by atoms with van der Waals surface area (Å²) in [5.41, 5.74) is 0. The SMILES string of the molecule is CC(=O)NC1CC(CCCO)CN(C2CC(C)C2)C1.